The summed E-state index contributed by atoms with van der Waals surface area (Å²) < 4.78 is 0. The predicted octanol–water partition coefficient (Wildman–Crippen LogP) is 2.05. The van der Waals surface area contributed by atoms with Crippen LogP contribution in [-0.2, 0) is 0 Å². The van der Waals surface area contributed by atoms with Crippen LogP contribution in [0.5, 0.6) is 0 Å². The molecule has 1 aromatic rings. The predicted molar refractivity (Wildman–Crippen MR) is 63.3 cm³/mol. The highest BCUT2D eigenvalue weighted by molar-refractivity contribution is 6.32. The number of rotatable bonds is 4. The monoisotopic (exact) mass is 225 g/mol. The summed E-state index contributed by atoms with van der Waals surface area (Å²) in [7, 11) is 0. The Morgan fingerprint density at radius 2 is 2.33 bits per heavy atom. The van der Waals surface area contributed by atoms with E-state index < -0.39 is 0 Å². The van der Waals surface area contributed by atoms with E-state index in [0.717, 1.165) is 17.4 Å². The first-order valence-electron chi connectivity index (χ1n) is 5.40. The highest BCUT2D eigenvalue weighted by atomic mass is 35.5. The number of aromatic nitrogens is 1. The van der Waals surface area contributed by atoms with Crippen LogP contribution in [0.4, 0.5) is 5.82 Å². The number of halogens is 1. The standard InChI is InChI=1S/C11H16ClN3/c12-10-5-2-7-14-11(10)15(8-6-13)9-3-1-4-9/h2,5,7,9H,1,3-4,6,8,13H2. The summed E-state index contributed by atoms with van der Waals surface area (Å²) in [5, 5.41) is 0.720. The topological polar surface area (TPSA) is 42.1 Å². The van der Waals surface area contributed by atoms with Crippen molar-refractivity contribution in [3.05, 3.63) is 23.4 Å². The maximum Gasteiger partial charge on any atom is 0.147 e. The molecular weight excluding hydrogens is 210 g/mol. The summed E-state index contributed by atoms with van der Waals surface area (Å²) in [5.41, 5.74) is 5.62. The Morgan fingerprint density at radius 3 is 2.87 bits per heavy atom. The molecule has 4 heteroatoms. The average molecular weight is 226 g/mol. The van der Waals surface area contributed by atoms with Crippen LogP contribution in [0.1, 0.15) is 19.3 Å². The van der Waals surface area contributed by atoms with Gasteiger partial charge in [-0.2, -0.15) is 0 Å². The zero-order valence-corrected chi connectivity index (χ0v) is 9.45. The molecule has 1 aromatic heterocycles. The van der Waals surface area contributed by atoms with Crippen molar-refractivity contribution in [2.75, 3.05) is 18.0 Å². The van der Waals surface area contributed by atoms with Gasteiger partial charge in [-0.25, -0.2) is 4.98 Å². The van der Waals surface area contributed by atoms with Crippen LogP contribution >= 0.6 is 11.6 Å². The molecule has 0 spiro atoms. The van der Waals surface area contributed by atoms with E-state index in [-0.39, 0.29) is 0 Å². The smallest absolute Gasteiger partial charge is 0.147 e. The van der Waals surface area contributed by atoms with Gasteiger partial charge in [-0.1, -0.05) is 11.6 Å². The van der Waals surface area contributed by atoms with Crippen LogP contribution in [0.2, 0.25) is 5.02 Å². The summed E-state index contributed by atoms with van der Waals surface area (Å²) in [5.74, 6) is 0.884. The third kappa shape index (κ3) is 2.24. The van der Waals surface area contributed by atoms with Gasteiger partial charge in [0.15, 0.2) is 0 Å². The number of hydrogen-bond acceptors (Lipinski definition) is 3. The van der Waals surface area contributed by atoms with Crippen LogP contribution < -0.4 is 10.6 Å². The minimum absolute atomic E-state index is 0.584. The van der Waals surface area contributed by atoms with Gasteiger partial charge in [0.2, 0.25) is 0 Å². The molecule has 0 amide bonds. The molecule has 0 atom stereocenters. The SMILES string of the molecule is NCCN(c1ncccc1Cl)C1CCC1. The number of nitrogens with zero attached hydrogens (tertiary/aromatic N) is 2. The lowest BCUT2D eigenvalue weighted by atomic mass is 9.91. The fourth-order valence-corrected chi connectivity index (χ4v) is 2.12. The molecule has 0 aliphatic heterocycles. The van der Waals surface area contributed by atoms with E-state index in [1.165, 1.54) is 19.3 Å². The van der Waals surface area contributed by atoms with Crippen LogP contribution in [0, 0.1) is 0 Å². The zero-order chi connectivity index (χ0) is 10.7. The number of pyridine rings is 1. The second-order valence-corrected chi connectivity index (χ2v) is 4.28. The van der Waals surface area contributed by atoms with Crippen LogP contribution in [0.3, 0.4) is 0 Å². The van der Waals surface area contributed by atoms with Gasteiger partial charge in [-0.05, 0) is 31.4 Å². The molecule has 2 rings (SSSR count). The van der Waals surface area contributed by atoms with E-state index in [1.54, 1.807) is 6.20 Å². The van der Waals surface area contributed by atoms with Crippen molar-refractivity contribution in [2.24, 2.45) is 5.73 Å². The molecule has 0 aromatic carbocycles. The van der Waals surface area contributed by atoms with E-state index in [1.807, 2.05) is 12.1 Å². The molecule has 0 unspecified atom stereocenters. The third-order valence-corrected chi connectivity index (χ3v) is 3.19. The maximum atomic E-state index is 6.13. The minimum Gasteiger partial charge on any atom is -0.351 e. The molecule has 0 radical (unpaired) electrons. The fraction of sp³-hybridized carbons (Fsp3) is 0.545. The minimum atomic E-state index is 0.584. The Balaban J connectivity index is 2.19. The quantitative estimate of drug-likeness (QED) is 0.853. The van der Waals surface area contributed by atoms with E-state index in [9.17, 15) is 0 Å². The molecule has 3 nitrogen and oxygen atoms in total. The first kappa shape index (κ1) is 10.7. The second-order valence-electron chi connectivity index (χ2n) is 3.88. The van der Waals surface area contributed by atoms with Crippen molar-refractivity contribution >= 4 is 17.4 Å². The van der Waals surface area contributed by atoms with Gasteiger partial charge < -0.3 is 10.6 Å². The van der Waals surface area contributed by atoms with Gasteiger partial charge >= 0.3 is 0 Å². The van der Waals surface area contributed by atoms with Gasteiger partial charge in [0.1, 0.15) is 5.82 Å². The zero-order valence-electron chi connectivity index (χ0n) is 8.69. The van der Waals surface area contributed by atoms with E-state index in [2.05, 4.69) is 9.88 Å². The van der Waals surface area contributed by atoms with E-state index >= 15 is 0 Å². The first-order valence-corrected chi connectivity index (χ1v) is 5.78. The van der Waals surface area contributed by atoms with Crippen LogP contribution in [0.25, 0.3) is 0 Å². The van der Waals surface area contributed by atoms with Crippen LogP contribution in [-0.4, -0.2) is 24.1 Å². The van der Waals surface area contributed by atoms with E-state index in [4.69, 9.17) is 17.3 Å². The molecule has 15 heavy (non-hydrogen) atoms. The fourth-order valence-electron chi connectivity index (χ4n) is 1.89. The summed E-state index contributed by atoms with van der Waals surface area (Å²) in [4.78, 5) is 6.58. The molecule has 1 aliphatic carbocycles. The average Bonchev–Trinajstić information content (AvgIpc) is 2.15. The Hall–Kier alpha value is -0.800. The molecule has 0 saturated heterocycles. The number of anilines is 1. The van der Waals surface area contributed by atoms with Crippen molar-refractivity contribution in [3.8, 4) is 0 Å². The van der Waals surface area contributed by atoms with Crippen molar-refractivity contribution in [2.45, 2.75) is 25.3 Å². The van der Waals surface area contributed by atoms with Gasteiger partial charge in [0, 0.05) is 25.3 Å². The maximum absolute atomic E-state index is 6.13. The Kier molecular flexibility index (Phi) is 3.44. The molecule has 1 aliphatic rings. The first-order chi connectivity index (χ1) is 7.33. The summed E-state index contributed by atoms with van der Waals surface area (Å²) >= 11 is 6.13. The number of nitrogens with two attached hydrogens (primary N) is 1. The summed E-state index contributed by atoms with van der Waals surface area (Å²) in [6, 6.07) is 4.32. The van der Waals surface area contributed by atoms with Crippen molar-refractivity contribution in [1.82, 2.24) is 4.98 Å². The molecule has 1 fully saturated rings. The lowest BCUT2D eigenvalue weighted by molar-refractivity contribution is 0.386. The van der Waals surface area contributed by atoms with Gasteiger partial charge in [-0.15, -0.1) is 0 Å². The van der Waals surface area contributed by atoms with Crippen molar-refractivity contribution < 1.29 is 0 Å². The lowest BCUT2D eigenvalue weighted by Gasteiger charge is -2.38. The number of hydrogen-bond donors (Lipinski definition) is 1. The molecular formula is C11H16ClN3. The summed E-state index contributed by atoms with van der Waals surface area (Å²) in [6.45, 7) is 1.48. The van der Waals surface area contributed by atoms with Gasteiger partial charge in [0.05, 0.1) is 5.02 Å². The Morgan fingerprint density at radius 1 is 1.53 bits per heavy atom. The van der Waals surface area contributed by atoms with Gasteiger partial charge in [-0.3, -0.25) is 0 Å². The van der Waals surface area contributed by atoms with Crippen LogP contribution in [0.15, 0.2) is 18.3 Å². The highest BCUT2D eigenvalue weighted by Crippen LogP contribution is 2.31. The summed E-state index contributed by atoms with van der Waals surface area (Å²) in [6.07, 6.45) is 5.54. The highest BCUT2D eigenvalue weighted by Gasteiger charge is 2.26. The lowest BCUT2D eigenvalue weighted by Crippen LogP contribution is -2.43. The van der Waals surface area contributed by atoms with Crippen molar-refractivity contribution in [1.29, 1.82) is 0 Å². The Bertz CT molecular complexity index is 325. The largest absolute Gasteiger partial charge is 0.351 e. The third-order valence-electron chi connectivity index (χ3n) is 2.90. The molecule has 1 heterocycles. The second kappa shape index (κ2) is 4.81. The molecule has 2 N–H and O–H groups in total. The molecule has 1 saturated carbocycles. The normalized spacial score (nSPS) is 16.1. The molecule has 0 bridgehead atoms. The Labute approximate surface area is 95.2 Å². The van der Waals surface area contributed by atoms with Gasteiger partial charge in [0.25, 0.3) is 0 Å². The molecule has 82 valence electrons. The van der Waals surface area contributed by atoms with E-state index in [0.29, 0.717) is 12.6 Å². The van der Waals surface area contributed by atoms with Crippen molar-refractivity contribution in [3.63, 3.8) is 0 Å².